The number of hydrogen-bond acceptors (Lipinski definition) is 6. The molecule has 0 radical (unpaired) electrons. The average molecular weight is 562 g/mol. The van der Waals surface area contributed by atoms with Crippen LogP contribution in [-0.2, 0) is 11.3 Å². The predicted octanol–water partition coefficient (Wildman–Crippen LogP) is 2.48. The van der Waals surface area contributed by atoms with E-state index in [9.17, 15) is 23.2 Å². The lowest BCUT2D eigenvalue weighted by atomic mass is 10.1. The van der Waals surface area contributed by atoms with E-state index in [4.69, 9.17) is 4.74 Å². The number of ether oxygens (including phenoxy) is 1. The summed E-state index contributed by atoms with van der Waals surface area (Å²) >= 11 is 0. The first-order chi connectivity index (χ1) is 19.9. The third-order valence-corrected chi connectivity index (χ3v) is 7.90. The second-order valence-electron chi connectivity index (χ2n) is 10.6. The maximum atomic E-state index is 14.1. The molecule has 2 saturated heterocycles. The highest BCUT2D eigenvalue weighted by Crippen LogP contribution is 2.27. The molecule has 41 heavy (non-hydrogen) atoms. The minimum Gasteiger partial charge on any atom is -0.475 e. The number of fused-ring (bicyclic) bond motifs is 4. The summed E-state index contributed by atoms with van der Waals surface area (Å²) < 4.78 is 33.6. The highest BCUT2D eigenvalue weighted by atomic mass is 19.2. The van der Waals surface area contributed by atoms with Gasteiger partial charge in [0.1, 0.15) is 12.2 Å². The summed E-state index contributed by atoms with van der Waals surface area (Å²) in [6, 6.07) is 14.5. The van der Waals surface area contributed by atoms with Crippen molar-refractivity contribution in [3.63, 3.8) is 0 Å². The summed E-state index contributed by atoms with van der Waals surface area (Å²) in [4.78, 5) is 50.2. The van der Waals surface area contributed by atoms with Crippen LogP contribution in [0.2, 0.25) is 0 Å². The molecule has 1 aromatic heterocycles. The van der Waals surface area contributed by atoms with Crippen molar-refractivity contribution < 1.29 is 27.9 Å². The van der Waals surface area contributed by atoms with E-state index in [0.717, 1.165) is 12.1 Å². The van der Waals surface area contributed by atoms with Crippen molar-refractivity contribution in [1.82, 2.24) is 25.0 Å². The molecule has 2 bridgehead atoms. The number of halogens is 2. The summed E-state index contributed by atoms with van der Waals surface area (Å²) in [5, 5.41) is 2.99. The summed E-state index contributed by atoms with van der Waals surface area (Å²) in [5.74, 6) is -2.42. The number of nitrogens with zero attached hydrogens (tertiary/aromatic N) is 4. The molecule has 2 fully saturated rings. The molecule has 0 saturated carbocycles. The number of amides is 3. The number of aromatic nitrogens is 1. The van der Waals surface area contributed by atoms with E-state index in [-0.39, 0.29) is 54.9 Å². The smallest absolute Gasteiger partial charge is 0.257 e. The molecule has 3 atom stereocenters. The highest BCUT2D eigenvalue weighted by molar-refractivity contribution is 5.97. The van der Waals surface area contributed by atoms with Gasteiger partial charge in [0.05, 0.1) is 12.1 Å². The third kappa shape index (κ3) is 5.49. The molecule has 3 aliphatic rings. The van der Waals surface area contributed by atoms with E-state index in [1.165, 1.54) is 12.3 Å². The zero-order valence-corrected chi connectivity index (χ0v) is 22.2. The van der Waals surface area contributed by atoms with E-state index in [1.54, 1.807) is 46.2 Å². The number of rotatable bonds is 3. The largest absolute Gasteiger partial charge is 0.475 e. The average Bonchev–Trinajstić information content (AvgIpc) is 3.38. The molecular weight excluding hydrogens is 532 g/mol. The summed E-state index contributed by atoms with van der Waals surface area (Å²) in [7, 11) is 0. The Labute approximate surface area is 235 Å². The molecule has 1 N–H and O–H groups in total. The molecule has 0 unspecified atom stereocenters. The van der Waals surface area contributed by atoms with Crippen molar-refractivity contribution >= 4 is 17.7 Å². The van der Waals surface area contributed by atoms with Crippen LogP contribution in [0.15, 0.2) is 66.9 Å². The molecule has 6 rings (SSSR count). The zero-order chi connectivity index (χ0) is 28.5. The van der Waals surface area contributed by atoms with Crippen LogP contribution in [0.25, 0.3) is 0 Å². The molecule has 9 nitrogen and oxygen atoms in total. The number of carbonyl (C=O) groups is 3. The molecule has 11 heteroatoms. The fourth-order valence-corrected chi connectivity index (χ4v) is 5.86. The van der Waals surface area contributed by atoms with Gasteiger partial charge in [-0.3, -0.25) is 19.3 Å². The minimum absolute atomic E-state index is 0.0287. The lowest BCUT2D eigenvalue weighted by Crippen LogP contribution is -2.61. The summed E-state index contributed by atoms with van der Waals surface area (Å²) in [6.07, 6.45) is 1.88. The van der Waals surface area contributed by atoms with Crippen molar-refractivity contribution in [2.45, 2.75) is 31.1 Å². The second kappa shape index (κ2) is 11.2. The number of carbonyl (C=O) groups excluding carboxylic acids is 3. The zero-order valence-electron chi connectivity index (χ0n) is 22.2. The number of nitrogens with one attached hydrogen (secondary N) is 1. The number of pyridine rings is 1. The van der Waals surface area contributed by atoms with Gasteiger partial charge in [0.2, 0.25) is 11.8 Å². The first-order valence-corrected chi connectivity index (χ1v) is 13.6. The van der Waals surface area contributed by atoms with Crippen LogP contribution in [0.1, 0.15) is 32.7 Å². The Kier molecular flexibility index (Phi) is 7.36. The van der Waals surface area contributed by atoms with Gasteiger partial charge in [-0.2, -0.15) is 0 Å². The van der Waals surface area contributed by atoms with Crippen LogP contribution in [0.3, 0.4) is 0 Å². The molecule has 0 spiro atoms. The maximum Gasteiger partial charge on any atom is 0.257 e. The van der Waals surface area contributed by atoms with E-state index in [0.29, 0.717) is 37.2 Å². The van der Waals surface area contributed by atoms with Crippen LogP contribution in [0, 0.1) is 11.6 Å². The number of piperazine rings is 1. The Bertz CT molecular complexity index is 1470. The molecule has 2 aromatic carbocycles. The second-order valence-corrected chi connectivity index (χ2v) is 10.6. The normalized spacial score (nSPS) is 23.0. The Morgan fingerprint density at radius 2 is 1.83 bits per heavy atom. The van der Waals surface area contributed by atoms with Crippen LogP contribution < -0.4 is 10.1 Å². The topological polar surface area (TPSA) is 95.1 Å². The Balaban J connectivity index is 1.31. The van der Waals surface area contributed by atoms with Crippen LogP contribution in [0.4, 0.5) is 8.78 Å². The van der Waals surface area contributed by atoms with Gasteiger partial charge in [-0.15, -0.1) is 0 Å². The van der Waals surface area contributed by atoms with Gasteiger partial charge >= 0.3 is 0 Å². The summed E-state index contributed by atoms with van der Waals surface area (Å²) in [5.41, 5.74) is 1.35. The van der Waals surface area contributed by atoms with Crippen LogP contribution in [-0.4, -0.2) is 88.3 Å². The van der Waals surface area contributed by atoms with Crippen molar-refractivity contribution in [2.75, 3.05) is 32.8 Å². The van der Waals surface area contributed by atoms with Crippen molar-refractivity contribution in [1.29, 1.82) is 0 Å². The lowest BCUT2D eigenvalue weighted by molar-refractivity contribution is -0.141. The molecular formula is C30H29F2N5O4. The monoisotopic (exact) mass is 561 g/mol. The molecule has 3 amide bonds. The van der Waals surface area contributed by atoms with E-state index < -0.39 is 23.7 Å². The number of hydrogen-bond donors (Lipinski definition) is 1. The van der Waals surface area contributed by atoms with Gasteiger partial charge in [0.25, 0.3) is 11.8 Å². The first kappa shape index (κ1) is 26.8. The highest BCUT2D eigenvalue weighted by Gasteiger charge is 2.43. The third-order valence-electron chi connectivity index (χ3n) is 7.90. The number of likely N-dealkylation sites (tertiary alicyclic amines) is 1. The van der Waals surface area contributed by atoms with E-state index in [2.05, 4.69) is 10.3 Å². The van der Waals surface area contributed by atoms with Gasteiger partial charge in [0.15, 0.2) is 11.6 Å². The molecule has 3 aliphatic heterocycles. The van der Waals surface area contributed by atoms with Crippen molar-refractivity contribution in [2.24, 2.45) is 0 Å². The Morgan fingerprint density at radius 1 is 1.00 bits per heavy atom. The van der Waals surface area contributed by atoms with Gasteiger partial charge in [0, 0.05) is 50.5 Å². The van der Waals surface area contributed by atoms with Gasteiger partial charge in [-0.25, -0.2) is 13.8 Å². The van der Waals surface area contributed by atoms with Gasteiger partial charge < -0.3 is 19.9 Å². The maximum absolute atomic E-state index is 14.1. The van der Waals surface area contributed by atoms with Gasteiger partial charge in [-0.05, 0) is 48.4 Å². The first-order valence-electron chi connectivity index (χ1n) is 13.6. The standard InChI is InChI=1S/C30H29F2N5O4/c31-24-9-8-19(13-25(24)32)15-36-16-21-14-26(36)30(40)37-12-11-35(29(39)20-5-2-1-3-6-20)17-22(37)18-41-28-23(27(38)34-21)7-4-10-33-28/h1-10,13,21-22,26H,11-12,14-18H2,(H,34,38)/t21-,22-,26-/m0/s1. The Hall–Kier alpha value is -4.38. The quantitative estimate of drug-likeness (QED) is 0.528. The fraction of sp³-hybridized carbons (Fsp3) is 0.333. The van der Waals surface area contributed by atoms with E-state index >= 15 is 0 Å². The van der Waals surface area contributed by atoms with Crippen molar-refractivity contribution in [3.8, 4) is 5.88 Å². The number of benzene rings is 2. The predicted molar refractivity (Wildman–Crippen MR) is 144 cm³/mol. The Morgan fingerprint density at radius 3 is 2.63 bits per heavy atom. The van der Waals surface area contributed by atoms with Crippen LogP contribution >= 0.6 is 0 Å². The summed E-state index contributed by atoms with van der Waals surface area (Å²) in [6.45, 7) is 1.46. The lowest BCUT2D eigenvalue weighted by Gasteiger charge is -2.43. The SMILES string of the molecule is O=C1N[C@H]2C[C@@H](C(=O)N3CCN(C(=O)c4ccccc4)C[C@H]3COc3ncccc31)N(Cc1ccc(F)c(F)c1)C2. The molecule has 4 heterocycles. The van der Waals surface area contributed by atoms with Crippen molar-refractivity contribution in [3.05, 3.63) is 95.2 Å². The minimum atomic E-state index is -0.958. The molecule has 0 aliphatic carbocycles. The van der Waals surface area contributed by atoms with E-state index in [1.807, 2.05) is 11.0 Å². The fourth-order valence-electron chi connectivity index (χ4n) is 5.86. The molecule has 212 valence electrons. The van der Waals surface area contributed by atoms with Gasteiger partial charge in [-0.1, -0.05) is 24.3 Å². The van der Waals surface area contributed by atoms with Crippen LogP contribution in [0.5, 0.6) is 5.88 Å². The molecule has 3 aromatic rings.